The number of amides is 1. The normalized spacial score (nSPS) is 22.2. The van der Waals surface area contributed by atoms with Crippen molar-refractivity contribution >= 4 is 5.91 Å². The third kappa shape index (κ3) is 2.73. The molecule has 0 radical (unpaired) electrons. The van der Waals surface area contributed by atoms with Gasteiger partial charge in [-0.25, -0.2) is 0 Å². The summed E-state index contributed by atoms with van der Waals surface area (Å²) in [6, 6.07) is 6.09. The largest absolute Gasteiger partial charge is 0.326 e. The van der Waals surface area contributed by atoms with E-state index >= 15 is 0 Å². The highest BCUT2D eigenvalue weighted by Gasteiger charge is 2.21. The van der Waals surface area contributed by atoms with Gasteiger partial charge in [0.05, 0.1) is 0 Å². The molecule has 1 saturated carbocycles. The molecule has 1 heterocycles. The van der Waals surface area contributed by atoms with Crippen molar-refractivity contribution in [3.63, 3.8) is 0 Å². The topological polar surface area (TPSA) is 29.1 Å². The minimum atomic E-state index is 0.0586. The highest BCUT2D eigenvalue weighted by molar-refractivity contribution is 5.98. The number of fused-ring (bicyclic) bond motifs is 1. The highest BCUT2D eigenvalue weighted by Crippen LogP contribution is 2.27. The van der Waals surface area contributed by atoms with Crippen LogP contribution in [0.3, 0.4) is 0 Å². The molecule has 0 spiro atoms. The molecule has 1 N–H and O–H groups in total. The lowest BCUT2D eigenvalue weighted by Gasteiger charge is -2.23. The lowest BCUT2D eigenvalue weighted by Crippen LogP contribution is -2.30. The van der Waals surface area contributed by atoms with Crippen LogP contribution in [0.4, 0.5) is 0 Å². The zero-order valence-corrected chi connectivity index (χ0v) is 11.5. The van der Waals surface area contributed by atoms with Crippen molar-refractivity contribution in [2.24, 2.45) is 5.92 Å². The Balaban J connectivity index is 1.83. The van der Waals surface area contributed by atoms with Gasteiger partial charge >= 0.3 is 0 Å². The van der Waals surface area contributed by atoms with Crippen molar-refractivity contribution in [3.8, 4) is 0 Å². The number of carbonyl (C=O) groups excluding carboxylic acids is 1. The molecule has 2 heteroatoms. The second-order valence-corrected chi connectivity index (χ2v) is 5.88. The van der Waals surface area contributed by atoms with E-state index in [-0.39, 0.29) is 5.91 Å². The first-order valence-corrected chi connectivity index (χ1v) is 7.34. The summed E-state index contributed by atoms with van der Waals surface area (Å²) in [5.74, 6) is 0.721. The summed E-state index contributed by atoms with van der Waals surface area (Å²) in [6.45, 7) is 2.08. The Morgan fingerprint density at radius 1 is 1.21 bits per heavy atom. The summed E-state index contributed by atoms with van der Waals surface area (Å²) in [4.78, 5) is 12.1. The van der Waals surface area contributed by atoms with Gasteiger partial charge in [0.15, 0.2) is 0 Å². The van der Waals surface area contributed by atoms with Crippen molar-refractivity contribution in [3.05, 3.63) is 46.7 Å². The zero-order chi connectivity index (χ0) is 13.2. The van der Waals surface area contributed by atoms with Gasteiger partial charge in [-0.2, -0.15) is 0 Å². The van der Waals surface area contributed by atoms with Crippen LogP contribution >= 0.6 is 0 Å². The van der Waals surface area contributed by atoms with E-state index in [1.807, 2.05) is 12.1 Å². The summed E-state index contributed by atoms with van der Waals surface area (Å²) in [6.07, 6.45) is 9.77. The van der Waals surface area contributed by atoms with Gasteiger partial charge in [0.2, 0.25) is 0 Å². The first-order chi connectivity index (χ1) is 9.22. The van der Waals surface area contributed by atoms with E-state index in [0.717, 1.165) is 17.7 Å². The second kappa shape index (κ2) is 5.20. The van der Waals surface area contributed by atoms with E-state index in [4.69, 9.17) is 0 Å². The monoisotopic (exact) mass is 255 g/mol. The third-order valence-electron chi connectivity index (χ3n) is 4.25. The van der Waals surface area contributed by atoms with Gasteiger partial charge in [-0.1, -0.05) is 43.0 Å². The van der Waals surface area contributed by atoms with Gasteiger partial charge < -0.3 is 5.32 Å². The summed E-state index contributed by atoms with van der Waals surface area (Å²) < 4.78 is 0. The Hall–Kier alpha value is -1.57. The van der Waals surface area contributed by atoms with E-state index in [1.54, 1.807) is 0 Å². The fourth-order valence-electron chi connectivity index (χ4n) is 3.24. The molecule has 2 aliphatic rings. The molecule has 0 aromatic heterocycles. The molecule has 1 aromatic rings. The molecule has 0 atom stereocenters. The minimum Gasteiger partial charge on any atom is -0.326 e. The predicted molar refractivity (Wildman–Crippen MR) is 77.0 cm³/mol. The summed E-state index contributed by atoms with van der Waals surface area (Å²) >= 11 is 0. The van der Waals surface area contributed by atoms with E-state index in [1.165, 1.54) is 43.2 Å². The molecular weight excluding hydrogens is 234 g/mol. The van der Waals surface area contributed by atoms with Gasteiger partial charge in [0, 0.05) is 17.7 Å². The van der Waals surface area contributed by atoms with E-state index in [0.29, 0.717) is 5.92 Å². The van der Waals surface area contributed by atoms with E-state index in [2.05, 4.69) is 24.4 Å². The molecular formula is C17H21NO. The minimum absolute atomic E-state index is 0.0586. The lowest BCUT2D eigenvalue weighted by molar-refractivity contribution is 0.0958. The molecule has 19 heavy (non-hydrogen) atoms. The average molecular weight is 255 g/mol. The maximum absolute atomic E-state index is 12.1. The molecule has 0 saturated heterocycles. The Kier molecular flexibility index (Phi) is 3.41. The average Bonchev–Trinajstić information content (AvgIpc) is 2.39. The number of hydrogen-bond donors (Lipinski definition) is 1. The molecule has 0 unspecified atom stereocenters. The quantitative estimate of drug-likeness (QED) is 0.813. The number of rotatable bonds is 1. The number of carbonyl (C=O) groups is 1. The molecule has 0 bridgehead atoms. The number of allylic oxidation sites excluding steroid dienone is 2. The Morgan fingerprint density at radius 3 is 2.79 bits per heavy atom. The Labute approximate surface area is 114 Å². The van der Waals surface area contributed by atoms with Crippen LogP contribution in [0.5, 0.6) is 0 Å². The fourth-order valence-corrected chi connectivity index (χ4v) is 3.24. The van der Waals surface area contributed by atoms with Crippen molar-refractivity contribution < 1.29 is 4.79 Å². The maximum Gasteiger partial charge on any atom is 0.255 e. The zero-order valence-electron chi connectivity index (χ0n) is 11.5. The lowest BCUT2D eigenvalue weighted by atomic mass is 9.87. The summed E-state index contributed by atoms with van der Waals surface area (Å²) in [7, 11) is 0. The second-order valence-electron chi connectivity index (χ2n) is 5.88. The Morgan fingerprint density at radius 2 is 2.00 bits per heavy atom. The van der Waals surface area contributed by atoms with Crippen molar-refractivity contribution in [1.82, 2.24) is 5.32 Å². The Bertz CT molecular complexity index is 524. The van der Waals surface area contributed by atoms with Crippen LogP contribution < -0.4 is 5.32 Å². The van der Waals surface area contributed by atoms with Crippen molar-refractivity contribution in [1.29, 1.82) is 0 Å². The first-order valence-electron chi connectivity index (χ1n) is 7.34. The SMILES string of the molecule is Cc1ccc2c(c1)C/C(=C\C1CCCCC1)NC2=O. The van der Waals surface area contributed by atoms with Gasteiger partial charge in [0.25, 0.3) is 5.91 Å². The van der Waals surface area contributed by atoms with Gasteiger partial charge in [-0.3, -0.25) is 4.79 Å². The number of nitrogens with one attached hydrogen (secondary N) is 1. The predicted octanol–water partition coefficient (Wildman–Crippen LogP) is 3.75. The number of aryl methyl sites for hydroxylation is 1. The van der Waals surface area contributed by atoms with Crippen LogP contribution in [0.15, 0.2) is 30.0 Å². The molecule has 1 amide bonds. The molecule has 100 valence electrons. The molecule has 1 fully saturated rings. The molecule has 3 rings (SSSR count). The van der Waals surface area contributed by atoms with E-state index in [9.17, 15) is 4.79 Å². The molecule has 1 aliphatic carbocycles. The smallest absolute Gasteiger partial charge is 0.255 e. The maximum atomic E-state index is 12.1. The van der Waals surface area contributed by atoms with Gasteiger partial charge in [0.1, 0.15) is 0 Å². The van der Waals surface area contributed by atoms with Crippen LogP contribution in [0.1, 0.15) is 53.6 Å². The first kappa shape index (κ1) is 12.5. The van der Waals surface area contributed by atoms with Gasteiger partial charge in [-0.15, -0.1) is 0 Å². The number of hydrogen-bond acceptors (Lipinski definition) is 1. The number of benzene rings is 1. The van der Waals surface area contributed by atoms with Crippen LogP contribution in [0.25, 0.3) is 0 Å². The molecule has 1 aromatic carbocycles. The molecule has 1 aliphatic heterocycles. The van der Waals surface area contributed by atoms with Crippen LogP contribution in [-0.4, -0.2) is 5.91 Å². The summed E-state index contributed by atoms with van der Waals surface area (Å²) in [5.41, 5.74) is 4.35. The van der Waals surface area contributed by atoms with Crippen molar-refractivity contribution in [2.75, 3.05) is 0 Å². The van der Waals surface area contributed by atoms with Crippen LogP contribution in [0, 0.1) is 12.8 Å². The molecule has 2 nitrogen and oxygen atoms in total. The standard InChI is InChI=1S/C17H21NO/c1-12-7-8-16-14(9-12)11-15(18-17(16)19)10-13-5-3-2-4-6-13/h7-10,13H,2-6,11H2,1H3,(H,18,19)/b15-10+. The van der Waals surface area contributed by atoms with Crippen LogP contribution in [0.2, 0.25) is 0 Å². The fraction of sp³-hybridized carbons (Fsp3) is 0.471. The third-order valence-corrected chi connectivity index (χ3v) is 4.25. The van der Waals surface area contributed by atoms with Crippen molar-refractivity contribution in [2.45, 2.75) is 45.4 Å². The van der Waals surface area contributed by atoms with E-state index < -0.39 is 0 Å². The van der Waals surface area contributed by atoms with Crippen LogP contribution in [-0.2, 0) is 6.42 Å². The highest BCUT2D eigenvalue weighted by atomic mass is 16.1. The summed E-state index contributed by atoms with van der Waals surface area (Å²) in [5, 5.41) is 3.06. The van der Waals surface area contributed by atoms with Gasteiger partial charge in [-0.05, 0) is 37.3 Å².